The zero-order valence-electron chi connectivity index (χ0n) is 11.9. The molecule has 1 aromatic carbocycles. The molecule has 0 amide bonds. The molecule has 1 saturated heterocycles. The monoisotopic (exact) mass is 274 g/mol. The summed E-state index contributed by atoms with van der Waals surface area (Å²) in [5.74, 6) is 0. The number of fused-ring (bicyclic) bond motifs is 1. The zero-order chi connectivity index (χ0) is 14.1. The minimum absolute atomic E-state index is 0.251. The third kappa shape index (κ3) is 2.57. The van der Waals surface area contributed by atoms with Crippen molar-refractivity contribution in [3.63, 3.8) is 0 Å². The predicted octanol–water partition coefficient (Wildman–Crippen LogP) is 1.03. The average Bonchev–Trinajstić information content (AvgIpc) is 3.08. The quantitative estimate of drug-likeness (QED) is 0.874. The topological polar surface area (TPSA) is 67.3 Å². The van der Waals surface area contributed by atoms with E-state index < -0.39 is 6.10 Å². The summed E-state index contributed by atoms with van der Waals surface area (Å²) in [6.07, 6.45) is 3.68. The molecule has 3 N–H and O–H groups in total. The molecule has 108 valence electrons. The number of likely N-dealkylation sites (tertiary alicyclic amines) is 1. The number of nitrogens with two attached hydrogens (primary N) is 1. The Bertz CT molecular complexity index is 589. The summed E-state index contributed by atoms with van der Waals surface area (Å²) in [7, 11) is 1.91. The van der Waals surface area contributed by atoms with Crippen LogP contribution in [0.15, 0.2) is 24.4 Å². The molecule has 5 nitrogen and oxygen atoms in total. The first-order valence-corrected chi connectivity index (χ1v) is 7.23. The third-order valence-corrected chi connectivity index (χ3v) is 4.19. The van der Waals surface area contributed by atoms with E-state index >= 15 is 0 Å². The molecule has 20 heavy (non-hydrogen) atoms. The van der Waals surface area contributed by atoms with Crippen molar-refractivity contribution in [1.82, 2.24) is 14.7 Å². The van der Waals surface area contributed by atoms with Gasteiger partial charge in [0.1, 0.15) is 0 Å². The molecular weight excluding hydrogens is 252 g/mol. The number of aryl methyl sites for hydroxylation is 1. The molecule has 0 spiro atoms. The first-order valence-electron chi connectivity index (χ1n) is 7.23. The normalized spacial score (nSPS) is 19.6. The lowest BCUT2D eigenvalue weighted by Gasteiger charge is -2.24. The van der Waals surface area contributed by atoms with Crippen LogP contribution in [0.3, 0.4) is 0 Å². The van der Waals surface area contributed by atoms with Crippen LogP contribution in [0.5, 0.6) is 0 Å². The van der Waals surface area contributed by atoms with Crippen LogP contribution in [0, 0.1) is 0 Å². The highest BCUT2D eigenvalue weighted by Crippen LogP contribution is 2.22. The van der Waals surface area contributed by atoms with Gasteiger partial charge >= 0.3 is 0 Å². The molecule has 2 aromatic rings. The van der Waals surface area contributed by atoms with Gasteiger partial charge in [0.2, 0.25) is 0 Å². The van der Waals surface area contributed by atoms with Gasteiger partial charge in [-0.05, 0) is 37.6 Å². The van der Waals surface area contributed by atoms with Gasteiger partial charge in [0.15, 0.2) is 0 Å². The van der Waals surface area contributed by atoms with Crippen LogP contribution in [0.1, 0.15) is 24.5 Å². The summed E-state index contributed by atoms with van der Waals surface area (Å²) in [6, 6.07) is 5.66. The highest BCUT2D eigenvalue weighted by atomic mass is 16.3. The fourth-order valence-electron chi connectivity index (χ4n) is 2.96. The predicted molar refractivity (Wildman–Crippen MR) is 79.3 cm³/mol. The lowest BCUT2D eigenvalue weighted by atomic mass is 10.0. The van der Waals surface area contributed by atoms with Crippen LogP contribution in [-0.4, -0.2) is 45.5 Å². The Morgan fingerprint density at radius 3 is 2.85 bits per heavy atom. The molecule has 1 aromatic heterocycles. The number of aliphatic hydroxyl groups excluding tert-OH is 1. The highest BCUT2D eigenvalue weighted by Gasteiger charge is 2.22. The third-order valence-electron chi connectivity index (χ3n) is 4.19. The minimum atomic E-state index is -0.630. The summed E-state index contributed by atoms with van der Waals surface area (Å²) in [4.78, 5) is 2.33. The van der Waals surface area contributed by atoms with E-state index in [1.165, 1.54) is 12.8 Å². The van der Waals surface area contributed by atoms with Crippen LogP contribution in [-0.2, 0) is 7.05 Å². The number of benzene rings is 1. The van der Waals surface area contributed by atoms with Gasteiger partial charge in [0.25, 0.3) is 0 Å². The minimum Gasteiger partial charge on any atom is -0.387 e. The van der Waals surface area contributed by atoms with Gasteiger partial charge in [0, 0.05) is 25.0 Å². The number of hydrogen-bond acceptors (Lipinski definition) is 4. The molecular formula is C15H22N4O. The van der Waals surface area contributed by atoms with Crippen molar-refractivity contribution < 1.29 is 5.11 Å². The van der Waals surface area contributed by atoms with Crippen LogP contribution in [0.4, 0.5) is 0 Å². The van der Waals surface area contributed by atoms with E-state index in [0.29, 0.717) is 0 Å². The second kappa shape index (κ2) is 5.52. The van der Waals surface area contributed by atoms with Crippen LogP contribution in [0.25, 0.3) is 10.9 Å². The molecule has 2 atom stereocenters. The van der Waals surface area contributed by atoms with E-state index in [1.54, 1.807) is 0 Å². The lowest BCUT2D eigenvalue weighted by Crippen LogP contribution is -2.40. The van der Waals surface area contributed by atoms with Gasteiger partial charge in [-0.15, -0.1) is 0 Å². The second-order valence-corrected chi connectivity index (χ2v) is 5.70. The number of nitrogens with zero attached hydrogens (tertiary/aromatic N) is 3. The molecule has 1 unspecified atom stereocenters. The Balaban J connectivity index is 1.76. The Labute approximate surface area is 119 Å². The lowest BCUT2D eigenvalue weighted by molar-refractivity contribution is 0.125. The Morgan fingerprint density at radius 2 is 2.10 bits per heavy atom. The Kier molecular flexibility index (Phi) is 3.74. The van der Waals surface area contributed by atoms with Crippen molar-refractivity contribution in [3.8, 4) is 0 Å². The van der Waals surface area contributed by atoms with Crippen LogP contribution in [0.2, 0.25) is 0 Å². The number of aromatic nitrogens is 2. The maximum absolute atomic E-state index is 10.5. The summed E-state index contributed by atoms with van der Waals surface area (Å²) in [6.45, 7) is 2.95. The molecule has 1 aliphatic heterocycles. The number of aliphatic hydroxyl groups is 1. The van der Waals surface area contributed by atoms with Crippen molar-refractivity contribution in [2.24, 2.45) is 12.8 Å². The molecule has 2 heterocycles. The van der Waals surface area contributed by atoms with Crippen molar-refractivity contribution >= 4 is 10.9 Å². The van der Waals surface area contributed by atoms with Gasteiger partial charge in [-0.2, -0.15) is 5.10 Å². The summed E-state index contributed by atoms with van der Waals surface area (Å²) >= 11 is 0. The van der Waals surface area contributed by atoms with Gasteiger partial charge in [0.05, 0.1) is 17.8 Å². The molecule has 5 heteroatoms. The van der Waals surface area contributed by atoms with Gasteiger partial charge in [-0.3, -0.25) is 4.68 Å². The average molecular weight is 274 g/mol. The molecule has 0 bridgehead atoms. The Morgan fingerprint density at radius 1 is 1.35 bits per heavy atom. The van der Waals surface area contributed by atoms with Crippen molar-refractivity contribution in [3.05, 3.63) is 30.0 Å². The molecule has 0 saturated carbocycles. The zero-order valence-corrected chi connectivity index (χ0v) is 11.9. The number of rotatable bonds is 4. The largest absolute Gasteiger partial charge is 0.387 e. The van der Waals surface area contributed by atoms with Crippen molar-refractivity contribution in [2.75, 3.05) is 19.6 Å². The van der Waals surface area contributed by atoms with Gasteiger partial charge in [-0.1, -0.05) is 12.1 Å². The van der Waals surface area contributed by atoms with Crippen LogP contribution < -0.4 is 5.73 Å². The fourth-order valence-corrected chi connectivity index (χ4v) is 2.96. The fraction of sp³-hybridized carbons (Fsp3) is 0.533. The second-order valence-electron chi connectivity index (χ2n) is 5.70. The smallest absolute Gasteiger partial charge is 0.0954 e. The highest BCUT2D eigenvalue weighted by molar-refractivity contribution is 5.79. The van der Waals surface area contributed by atoms with E-state index in [9.17, 15) is 5.11 Å². The van der Waals surface area contributed by atoms with E-state index in [-0.39, 0.29) is 6.04 Å². The Hall–Kier alpha value is -1.43. The van der Waals surface area contributed by atoms with Gasteiger partial charge < -0.3 is 15.7 Å². The van der Waals surface area contributed by atoms with E-state index in [1.807, 2.05) is 36.1 Å². The van der Waals surface area contributed by atoms with Crippen LogP contribution >= 0.6 is 0 Å². The van der Waals surface area contributed by atoms with E-state index in [0.717, 1.165) is 36.1 Å². The van der Waals surface area contributed by atoms with Gasteiger partial charge in [-0.25, -0.2) is 0 Å². The summed E-state index contributed by atoms with van der Waals surface area (Å²) < 4.78 is 1.82. The summed E-state index contributed by atoms with van der Waals surface area (Å²) in [5, 5.41) is 15.8. The van der Waals surface area contributed by atoms with E-state index in [2.05, 4.69) is 10.00 Å². The van der Waals surface area contributed by atoms with Crippen molar-refractivity contribution in [1.29, 1.82) is 0 Å². The maximum atomic E-state index is 10.5. The molecule has 0 aliphatic carbocycles. The summed E-state index contributed by atoms with van der Waals surface area (Å²) in [5.41, 5.74) is 8.06. The molecule has 3 rings (SSSR count). The molecule has 1 fully saturated rings. The standard InChI is InChI=1S/C15H22N4O/c1-18-14-8-11(4-5-12(14)9-17-18)15(20)13(16)10-19-6-2-3-7-19/h4-5,8-9,13,15,20H,2-3,6-7,10,16H2,1H3/t13-,15?/m1/s1. The number of hydrogen-bond donors (Lipinski definition) is 2. The SMILES string of the molecule is Cn1ncc2ccc(C(O)[C@H](N)CN3CCCC3)cc21. The van der Waals surface area contributed by atoms with Crippen molar-refractivity contribution in [2.45, 2.75) is 25.0 Å². The molecule has 1 aliphatic rings. The molecule has 0 radical (unpaired) electrons. The first kappa shape index (κ1) is 13.5. The maximum Gasteiger partial charge on any atom is 0.0954 e. The first-order chi connectivity index (χ1) is 9.65. The van der Waals surface area contributed by atoms with E-state index in [4.69, 9.17) is 5.73 Å².